The molecule has 0 N–H and O–H groups in total. The lowest BCUT2D eigenvalue weighted by atomic mass is 10.1. The second-order valence-corrected chi connectivity index (χ2v) is 3.58. The van der Waals surface area contributed by atoms with Gasteiger partial charge >= 0.3 is 0 Å². The lowest BCUT2D eigenvalue weighted by Crippen LogP contribution is -2.06. The first-order valence-corrected chi connectivity index (χ1v) is 4.81. The molecule has 0 saturated carbocycles. The maximum atomic E-state index is 11.4. The highest BCUT2D eigenvalue weighted by Gasteiger charge is 2.20. The summed E-state index contributed by atoms with van der Waals surface area (Å²) in [5, 5.41) is 0. The van der Waals surface area contributed by atoms with E-state index in [4.69, 9.17) is 4.74 Å². The third kappa shape index (κ3) is 1.33. The Labute approximate surface area is 89.1 Å². The monoisotopic (exact) mass is 254 g/mol. The van der Waals surface area contributed by atoms with E-state index in [-0.39, 0.29) is 5.78 Å². The smallest absolute Gasteiger partial charge is 0.229 e. The summed E-state index contributed by atoms with van der Waals surface area (Å²) in [6.45, 7) is 0. The molecule has 0 unspecified atom stereocenters. The number of aliphatic imine (C=N–C) groups is 1. The Kier molecular flexibility index (Phi) is 2.33. The quantitative estimate of drug-likeness (QED) is 0.772. The summed E-state index contributed by atoms with van der Waals surface area (Å²) < 4.78 is 5.63. The highest BCUT2D eigenvalue weighted by molar-refractivity contribution is 9.10. The third-order valence-corrected chi connectivity index (χ3v) is 2.67. The maximum Gasteiger partial charge on any atom is 0.229 e. The van der Waals surface area contributed by atoms with Crippen molar-refractivity contribution in [1.29, 1.82) is 0 Å². The number of carbonyl (C=O) groups excluding carboxylic acids is 1. The molecule has 0 aromatic carbocycles. The maximum absolute atomic E-state index is 11.4. The molecule has 0 spiro atoms. The zero-order valence-electron chi connectivity index (χ0n) is 7.45. The van der Waals surface area contributed by atoms with Crippen molar-refractivity contribution in [2.24, 2.45) is 4.99 Å². The van der Waals surface area contributed by atoms with Gasteiger partial charge in [0.2, 0.25) is 5.88 Å². The molecule has 1 aliphatic heterocycles. The van der Waals surface area contributed by atoms with Crippen LogP contribution in [-0.2, 0) is 0 Å². The van der Waals surface area contributed by atoms with Gasteiger partial charge < -0.3 is 4.74 Å². The Morgan fingerprint density at radius 1 is 1.57 bits per heavy atom. The molecule has 2 rings (SSSR count). The van der Waals surface area contributed by atoms with Crippen molar-refractivity contribution in [1.82, 2.24) is 4.98 Å². The van der Waals surface area contributed by atoms with Crippen molar-refractivity contribution in [2.45, 2.75) is 6.42 Å². The van der Waals surface area contributed by atoms with Gasteiger partial charge in [0, 0.05) is 18.8 Å². The van der Waals surface area contributed by atoms with Gasteiger partial charge in [0.1, 0.15) is 4.47 Å². The number of pyridine rings is 1. The summed E-state index contributed by atoms with van der Waals surface area (Å²) in [5.41, 5.74) is 1.15. The van der Waals surface area contributed by atoms with E-state index in [0.29, 0.717) is 28.0 Å². The fraction of sp³-hybridized carbons (Fsp3) is 0.222. The largest absolute Gasteiger partial charge is 0.480 e. The van der Waals surface area contributed by atoms with Crippen molar-refractivity contribution in [3.63, 3.8) is 0 Å². The standard InChI is InChI=1S/C9H7BrN2O2/c1-14-9-7(10)8-5(4-12-9)6(13)2-3-11-8/h3-4H,2H2,1H3. The summed E-state index contributed by atoms with van der Waals surface area (Å²) in [5.74, 6) is 0.474. The van der Waals surface area contributed by atoms with E-state index in [1.54, 1.807) is 6.21 Å². The number of hydrogen-bond donors (Lipinski definition) is 0. The fourth-order valence-corrected chi connectivity index (χ4v) is 1.84. The van der Waals surface area contributed by atoms with Gasteiger partial charge in [0.25, 0.3) is 0 Å². The first kappa shape index (κ1) is 9.33. The van der Waals surface area contributed by atoms with Gasteiger partial charge in [-0.05, 0) is 15.9 Å². The Balaban J connectivity index is 2.65. The molecule has 1 aromatic rings. The van der Waals surface area contributed by atoms with Gasteiger partial charge in [-0.15, -0.1) is 0 Å². The first-order valence-electron chi connectivity index (χ1n) is 4.02. The predicted molar refractivity (Wildman–Crippen MR) is 55.6 cm³/mol. The first-order chi connectivity index (χ1) is 6.74. The van der Waals surface area contributed by atoms with Crippen molar-refractivity contribution in [3.8, 4) is 5.88 Å². The molecule has 2 heterocycles. The fourth-order valence-electron chi connectivity index (χ4n) is 1.26. The zero-order valence-corrected chi connectivity index (χ0v) is 9.04. The van der Waals surface area contributed by atoms with E-state index in [9.17, 15) is 4.79 Å². The molecular weight excluding hydrogens is 248 g/mol. The predicted octanol–water partition coefficient (Wildman–Crippen LogP) is 2.14. The second kappa shape index (κ2) is 3.49. The average Bonchev–Trinajstić information content (AvgIpc) is 2.20. The molecule has 5 heteroatoms. The number of Topliss-reactive ketones (excluding diaryl/α,β-unsaturated/α-hetero) is 1. The van der Waals surface area contributed by atoms with Gasteiger partial charge in [-0.2, -0.15) is 0 Å². The molecule has 4 nitrogen and oxygen atoms in total. The van der Waals surface area contributed by atoms with E-state index in [0.717, 1.165) is 0 Å². The normalized spacial score (nSPS) is 14.0. The van der Waals surface area contributed by atoms with Crippen LogP contribution >= 0.6 is 15.9 Å². The van der Waals surface area contributed by atoms with Crippen LogP contribution in [0.4, 0.5) is 5.69 Å². The van der Waals surface area contributed by atoms with Crippen molar-refractivity contribution >= 4 is 33.6 Å². The summed E-state index contributed by atoms with van der Waals surface area (Å²) in [7, 11) is 1.52. The molecule has 14 heavy (non-hydrogen) atoms. The number of halogens is 1. The van der Waals surface area contributed by atoms with Gasteiger partial charge in [-0.3, -0.25) is 9.79 Å². The highest BCUT2D eigenvalue weighted by atomic mass is 79.9. The minimum absolute atomic E-state index is 0.0332. The van der Waals surface area contributed by atoms with E-state index in [1.807, 2.05) is 0 Å². The lowest BCUT2D eigenvalue weighted by Gasteiger charge is -2.11. The van der Waals surface area contributed by atoms with Gasteiger partial charge in [0.05, 0.1) is 18.4 Å². The second-order valence-electron chi connectivity index (χ2n) is 2.78. The number of rotatable bonds is 1. The van der Waals surface area contributed by atoms with Gasteiger partial charge in [-0.1, -0.05) is 0 Å². The summed E-state index contributed by atoms with van der Waals surface area (Å²) >= 11 is 3.30. The van der Waals surface area contributed by atoms with Crippen LogP contribution in [0.3, 0.4) is 0 Å². The molecule has 0 radical (unpaired) electrons. The third-order valence-electron chi connectivity index (χ3n) is 1.95. The topological polar surface area (TPSA) is 51.6 Å². The summed E-state index contributed by atoms with van der Waals surface area (Å²) in [6.07, 6.45) is 3.43. The molecule has 72 valence electrons. The molecule has 0 fully saturated rings. The number of ketones is 1. The van der Waals surface area contributed by atoms with Gasteiger partial charge in [-0.25, -0.2) is 4.98 Å². The molecule has 0 aliphatic carbocycles. The van der Waals surface area contributed by atoms with Crippen molar-refractivity contribution < 1.29 is 9.53 Å². The number of fused-ring (bicyclic) bond motifs is 1. The molecule has 1 aromatic heterocycles. The Morgan fingerprint density at radius 2 is 2.36 bits per heavy atom. The van der Waals surface area contributed by atoms with Crippen LogP contribution < -0.4 is 4.74 Å². The Bertz CT molecular complexity index is 429. The van der Waals surface area contributed by atoms with Crippen LogP contribution in [0.1, 0.15) is 16.8 Å². The molecule has 0 saturated heterocycles. The van der Waals surface area contributed by atoms with E-state index in [1.165, 1.54) is 13.3 Å². The van der Waals surface area contributed by atoms with Crippen LogP contribution in [0.25, 0.3) is 0 Å². The molecule has 0 amide bonds. The number of methoxy groups -OCH3 is 1. The van der Waals surface area contributed by atoms with Crippen LogP contribution in [-0.4, -0.2) is 24.1 Å². The lowest BCUT2D eigenvalue weighted by molar-refractivity contribution is 0.100. The van der Waals surface area contributed by atoms with E-state index < -0.39 is 0 Å². The average molecular weight is 255 g/mol. The number of carbonyl (C=O) groups is 1. The van der Waals surface area contributed by atoms with Crippen LogP contribution in [0, 0.1) is 0 Å². The van der Waals surface area contributed by atoms with Crippen LogP contribution in [0.5, 0.6) is 5.88 Å². The van der Waals surface area contributed by atoms with Gasteiger partial charge in [0.15, 0.2) is 5.78 Å². The van der Waals surface area contributed by atoms with Crippen molar-refractivity contribution in [3.05, 3.63) is 16.2 Å². The highest BCUT2D eigenvalue weighted by Crippen LogP contribution is 2.37. The molecule has 0 bridgehead atoms. The number of hydrogen-bond acceptors (Lipinski definition) is 4. The minimum atomic E-state index is 0.0332. The number of nitrogens with zero attached hydrogens (tertiary/aromatic N) is 2. The number of aromatic nitrogens is 1. The Hall–Kier alpha value is -1.23. The molecular formula is C9H7BrN2O2. The summed E-state index contributed by atoms with van der Waals surface area (Å²) in [4.78, 5) is 19.6. The van der Waals surface area contributed by atoms with Crippen LogP contribution in [0.2, 0.25) is 0 Å². The van der Waals surface area contributed by atoms with E-state index >= 15 is 0 Å². The van der Waals surface area contributed by atoms with E-state index in [2.05, 4.69) is 25.9 Å². The summed E-state index contributed by atoms with van der Waals surface area (Å²) in [6, 6.07) is 0. The number of ether oxygens (including phenoxy) is 1. The van der Waals surface area contributed by atoms with Crippen molar-refractivity contribution in [2.75, 3.05) is 7.11 Å². The molecule has 1 aliphatic rings. The Morgan fingerprint density at radius 3 is 3.07 bits per heavy atom. The minimum Gasteiger partial charge on any atom is -0.480 e. The molecule has 0 atom stereocenters. The SMILES string of the molecule is COc1ncc2c(c1Br)N=CCC2=O. The zero-order chi connectivity index (χ0) is 10.1. The van der Waals surface area contributed by atoms with Crippen LogP contribution in [0.15, 0.2) is 15.7 Å².